The Labute approximate surface area is 247 Å². The van der Waals surface area contributed by atoms with E-state index in [0.29, 0.717) is 28.9 Å². The lowest BCUT2D eigenvalue weighted by Gasteiger charge is -2.26. The van der Waals surface area contributed by atoms with Crippen molar-refractivity contribution in [1.82, 2.24) is 15.0 Å². The van der Waals surface area contributed by atoms with Gasteiger partial charge in [0.2, 0.25) is 0 Å². The molecule has 5 rings (SSSR count). The number of phenols is 2. The van der Waals surface area contributed by atoms with Crippen LogP contribution in [0.1, 0.15) is 76.6 Å². The molecule has 0 spiro atoms. The SMILES string of the molecule is CCC(C)(C)c1cc(Cc2cc(C(C)(C)C)cc(N(N)/N=C3/C=CC=CC3)c2O)c(O)c(-n2nc3ccccc3n2)c1. The fourth-order valence-corrected chi connectivity index (χ4v) is 4.92. The van der Waals surface area contributed by atoms with Crippen LogP contribution in [-0.2, 0) is 17.3 Å². The van der Waals surface area contributed by atoms with E-state index in [0.717, 1.165) is 34.3 Å². The highest BCUT2D eigenvalue weighted by atomic mass is 16.3. The molecule has 1 aliphatic rings. The first-order valence-corrected chi connectivity index (χ1v) is 14.4. The minimum atomic E-state index is -0.225. The predicted octanol–water partition coefficient (Wildman–Crippen LogP) is 6.96. The van der Waals surface area contributed by atoms with E-state index < -0.39 is 0 Å². The summed E-state index contributed by atoms with van der Waals surface area (Å²) in [6.45, 7) is 12.8. The van der Waals surface area contributed by atoms with Crippen molar-refractivity contribution in [3.63, 3.8) is 0 Å². The second-order valence-corrected chi connectivity index (χ2v) is 12.6. The van der Waals surface area contributed by atoms with Gasteiger partial charge in [0.1, 0.15) is 33.9 Å². The molecule has 0 saturated heterocycles. The lowest BCUT2D eigenvalue weighted by Crippen LogP contribution is -2.27. The Hall–Kier alpha value is -4.43. The van der Waals surface area contributed by atoms with Gasteiger partial charge in [0.25, 0.3) is 0 Å². The van der Waals surface area contributed by atoms with Gasteiger partial charge >= 0.3 is 0 Å². The van der Waals surface area contributed by atoms with Crippen molar-refractivity contribution in [3.8, 4) is 17.2 Å². The van der Waals surface area contributed by atoms with E-state index in [1.807, 2.05) is 72.8 Å². The van der Waals surface area contributed by atoms with Crippen LogP contribution < -0.4 is 11.0 Å². The van der Waals surface area contributed by atoms with Crippen molar-refractivity contribution < 1.29 is 10.2 Å². The molecule has 0 bridgehead atoms. The molecule has 0 unspecified atom stereocenters. The van der Waals surface area contributed by atoms with Crippen LogP contribution in [0.3, 0.4) is 0 Å². The number of aromatic nitrogens is 3. The van der Waals surface area contributed by atoms with Gasteiger partial charge < -0.3 is 10.2 Å². The molecule has 1 aliphatic carbocycles. The number of benzene rings is 3. The highest BCUT2D eigenvalue weighted by molar-refractivity contribution is 5.97. The van der Waals surface area contributed by atoms with E-state index in [2.05, 4.69) is 56.8 Å². The maximum atomic E-state index is 11.7. The quantitative estimate of drug-likeness (QED) is 0.165. The van der Waals surface area contributed by atoms with Gasteiger partial charge in [-0.3, -0.25) is 0 Å². The topological polar surface area (TPSA) is 113 Å². The lowest BCUT2D eigenvalue weighted by molar-refractivity contribution is 0.454. The number of hydrazone groups is 1. The summed E-state index contributed by atoms with van der Waals surface area (Å²) in [6.07, 6.45) is 9.60. The number of hydrogen-bond donors (Lipinski definition) is 3. The number of anilines is 1. The number of aromatic hydroxyl groups is 2. The highest BCUT2D eigenvalue weighted by Crippen LogP contribution is 2.41. The Kier molecular flexibility index (Phi) is 7.68. The number of allylic oxidation sites excluding steroid dienone is 4. The Bertz CT molecular complexity index is 1690. The van der Waals surface area contributed by atoms with Gasteiger partial charge in [0.05, 0.1) is 5.71 Å². The molecule has 3 aromatic carbocycles. The van der Waals surface area contributed by atoms with Gasteiger partial charge in [-0.2, -0.15) is 10.2 Å². The molecule has 4 N–H and O–H groups in total. The van der Waals surface area contributed by atoms with Gasteiger partial charge in [-0.25, -0.2) is 5.84 Å². The molecule has 8 heteroatoms. The van der Waals surface area contributed by atoms with Gasteiger partial charge in [0.15, 0.2) is 0 Å². The van der Waals surface area contributed by atoms with Gasteiger partial charge in [0, 0.05) is 24.0 Å². The van der Waals surface area contributed by atoms with Gasteiger partial charge in [-0.05, 0) is 58.7 Å². The van der Waals surface area contributed by atoms with E-state index in [9.17, 15) is 10.2 Å². The molecule has 0 saturated carbocycles. The number of phenolic OH excluding ortho intramolecular Hbond substituents is 2. The molecule has 1 aromatic heterocycles. The zero-order valence-electron chi connectivity index (χ0n) is 25.3. The Morgan fingerprint density at radius 3 is 2.14 bits per heavy atom. The lowest BCUT2D eigenvalue weighted by atomic mass is 9.80. The molecular weight excluding hydrogens is 524 g/mol. The van der Waals surface area contributed by atoms with Crippen LogP contribution in [0.25, 0.3) is 16.7 Å². The van der Waals surface area contributed by atoms with Crippen LogP contribution in [0, 0.1) is 0 Å². The van der Waals surface area contributed by atoms with Crippen LogP contribution in [0.2, 0.25) is 0 Å². The first kappa shape index (κ1) is 29.1. The predicted molar refractivity (Wildman–Crippen MR) is 170 cm³/mol. The number of nitrogens with zero attached hydrogens (tertiary/aromatic N) is 5. The number of hydrogen-bond acceptors (Lipinski definition) is 7. The molecule has 0 atom stereocenters. The summed E-state index contributed by atoms with van der Waals surface area (Å²) in [5.74, 6) is 6.51. The van der Waals surface area contributed by atoms with E-state index in [1.165, 1.54) is 9.91 Å². The Morgan fingerprint density at radius 1 is 0.905 bits per heavy atom. The van der Waals surface area contributed by atoms with Crippen molar-refractivity contribution in [2.75, 3.05) is 5.12 Å². The first-order chi connectivity index (χ1) is 19.9. The maximum Gasteiger partial charge on any atom is 0.146 e. The average Bonchev–Trinajstić information content (AvgIpc) is 3.39. The summed E-state index contributed by atoms with van der Waals surface area (Å²) in [5, 5.41) is 38.3. The van der Waals surface area contributed by atoms with Crippen molar-refractivity contribution in [1.29, 1.82) is 0 Å². The number of fused-ring (bicyclic) bond motifs is 1. The van der Waals surface area contributed by atoms with Crippen molar-refractivity contribution >= 4 is 22.4 Å². The van der Waals surface area contributed by atoms with Crippen LogP contribution in [0.4, 0.5) is 5.69 Å². The summed E-state index contributed by atoms with van der Waals surface area (Å²) >= 11 is 0. The Morgan fingerprint density at radius 2 is 1.55 bits per heavy atom. The molecular formula is C34H40N6O2. The van der Waals surface area contributed by atoms with E-state index in [-0.39, 0.29) is 28.7 Å². The van der Waals surface area contributed by atoms with Gasteiger partial charge in [-0.1, -0.05) is 84.0 Å². The van der Waals surface area contributed by atoms with Crippen LogP contribution in [0.5, 0.6) is 11.5 Å². The molecule has 8 nitrogen and oxygen atoms in total. The smallest absolute Gasteiger partial charge is 0.146 e. The molecule has 218 valence electrons. The zero-order valence-corrected chi connectivity index (χ0v) is 25.3. The monoisotopic (exact) mass is 564 g/mol. The third-order valence-electron chi connectivity index (χ3n) is 8.10. The fraction of sp³-hybridized carbons (Fsp3) is 0.324. The molecule has 4 aromatic rings. The highest BCUT2D eigenvalue weighted by Gasteiger charge is 2.26. The van der Waals surface area contributed by atoms with Crippen molar-refractivity contribution in [2.24, 2.45) is 10.9 Å². The second-order valence-electron chi connectivity index (χ2n) is 12.6. The Balaban J connectivity index is 1.65. The summed E-state index contributed by atoms with van der Waals surface area (Å²) in [5.41, 5.74) is 6.11. The molecule has 0 fully saturated rings. The molecule has 0 amide bonds. The van der Waals surface area contributed by atoms with Crippen LogP contribution >= 0.6 is 0 Å². The fourth-order valence-electron chi connectivity index (χ4n) is 4.92. The van der Waals surface area contributed by atoms with E-state index >= 15 is 0 Å². The van der Waals surface area contributed by atoms with Crippen LogP contribution in [-0.4, -0.2) is 30.9 Å². The minimum Gasteiger partial charge on any atom is -0.505 e. The number of rotatable bonds is 7. The summed E-state index contributed by atoms with van der Waals surface area (Å²) in [6, 6.07) is 15.5. The second kappa shape index (κ2) is 11.1. The minimum absolute atomic E-state index is 0.0224. The number of hydrazine groups is 1. The van der Waals surface area contributed by atoms with E-state index in [1.54, 1.807) is 0 Å². The zero-order chi connectivity index (χ0) is 30.2. The maximum absolute atomic E-state index is 11.7. The average molecular weight is 565 g/mol. The molecule has 0 aliphatic heterocycles. The van der Waals surface area contributed by atoms with E-state index in [4.69, 9.17) is 5.84 Å². The first-order valence-electron chi connectivity index (χ1n) is 14.4. The third kappa shape index (κ3) is 5.81. The van der Waals surface area contributed by atoms with Crippen LogP contribution in [0.15, 0.2) is 77.9 Å². The summed E-state index contributed by atoms with van der Waals surface area (Å²) < 4.78 is 0. The standard InChI is InChI=1S/C34H40N6O2/c1-7-34(5,6)25-19-23(32(42)30(21-25)40-37-27-15-11-12-16-28(27)38-40)17-22-18-24(33(2,3)4)20-29(31(22)41)39(35)36-26-13-9-8-10-14-26/h8-13,15-16,18-21,41-42H,7,14,17,35H2,1-6H3/b36-26-. The third-order valence-corrected chi connectivity index (χ3v) is 8.10. The molecule has 42 heavy (non-hydrogen) atoms. The van der Waals surface area contributed by atoms with Crippen molar-refractivity contribution in [3.05, 3.63) is 95.1 Å². The normalized spacial score (nSPS) is 14.7. The molecule has 1 heterocycles. The number of nitrogens with two attached hydrogens (primary N) is 1. The summed E-state index contributed by atoms with van der Waals surface area (Å²) in [7, 11) is 0. The van der Waals surface area contributed by atoms with Gasteiger partial charge in [-0.15, -0.1) is 15.0 Å². The molecule has 0 radical (unpaired) electrons. The summed E-state index contributed by atoms with van der Waals surface area (Å²) in [4.78, 5) is 1.50. The van der Waals surface area contributed by atoms with Crippen molar-refractivity contribution in [2.45, 2.75) is 71.6 Å². The largest absolute Gasteiger partial charge is 0.505 e.